The van der Waals surface area contributed by atoms with E-state index >= 15 is 0 Å². The van der Waals surface area contributed by atoms with Crippen LogP contribution >= 0.6 is 35.6 Å². The topological polar surface area (TPSA) is 58.1 Å². The van der Waals surface area contributed by atoms with E-state index in [1.54, 1.807) is 6.07 Å². The van der Waals surface area contributed by atoms with Crippen LogP contribution in [0.3, 0.4) is 0 Å². The maximum Gasteiger partial charge on any atom is 0.387 e. The zero-order valence-corrected chi connectivity index (χ0v) is 18.3. The third-order valence-corrected chi connectivity index (χ3v) is 4.05. The summed E-state index contributed by atoms with van der Waals surface area (Å²) in [5.74, 6) is 0.695. The first-order valence-corrected chi connectivity index (χ1v) is 9.01. The Labute approximate surface area is 180 Å². The number of ether oxygens (including phenoxy) is 2. The number of benzene rings is 1. The fraction of sp³-hybridized carbons (Fsp3) is 0.588. The van der Waals surface area contributed by atoms with Crippen molar-refractivity contribution in [3.05, 3.63) is 28.8 Å². The summed E-state index contributed by atoms with van der Waals surface area (Å²) in [5.41, 5.74) is 0.503. The molecule has 0 radical (unpaired) electrons. The molecular formula is C17H26ClF2IN4O2. The standard InChI is InChI=1S/C17H25ClF2N4O2.HI/c1-2-21-17(22-5-6-24-7-9-25-10-8-24)23-12-13-11-14(18)3-4-15(13)26-16(19)20;/h3-4,11,16H,2,5-10,12H2,1H3,(H2,21,22,23);1H. The Morgan fingerprint density at radius 1 is 1.33 bits per heavy atom. The molecular weight excluding hydrogens is 493 g/mol. The van der Waals surface area contributed by atoms with Crippen LogP contribution in [0.2, 0.25) is 5.02 Å². The molecule has 1 aromatic rings. The minimum Gasteiger partial charge on any atom is -0.434 e. The number of morpholine rings is 1. The first-order chi connectivity index (χ1) is 12.6. The van der Waals surface area contributed by atoms with Crippen molar-refractivity contribution in [2.45, 2.75) is 20.1 Å². The van der Waals surface area contributed by atoms with Crippen LogP contribution in [-0.2, 0) is 11.3 Å². The molecule has 10 heteroatoms. The van der Waals surface area contributed by atoms with Gasteiger partial charge in [-0.25, -0.2) is 4.99 Å². The SMILES string of the molecule is CCNC(=NCc1cc(Cl)ccc1OC(F)F)NCCN1CCOCC1.I. The van der Waals surface area contributed by atoms with Crippen molar-refractivity contribution in [2.24, 2.45) is 4.99 Å². The number of hydrogen-bond donors (Lipinski definition) is 2. The van der Waals surface area contributed by atoms with Gasteiger partial charge < -0.3 is 20.1 Å². The van der Waals surface area contributed by atoms with Crippen LogP contribution in [0.1, 0.15) is 12.5 Å². The van der Waals surface area contributed by atoms with Gasteiger partial charge in [0.15, 0.2) is 5.96 Å². The van der Waals surface area contributed by atoms with Crippen LogP contribution in [0.4, 0.5) is 8.78 Å². The lowest BCUT2D eigenvalue weighted by atomic mass is 10.2. The maximum absolute atomic E-state index is 12.5. The van der Waals surface area contributed by atoms with Gasteiger partial charge in [0.1, 0.15) is 5.75 Å². The van der Waals surface area contributed by atoms with E-state index in [4.69, 9.17) is 16.3 Å². The van der Waals surface area contributed by atoms with E-state index in [0.717, 1.165) is 39.4 Å². The lowest BCUT2D eigenvalue weighted by molar-refractivity contribution is -0.0504. The summed E-state index contributed by atoms with van der Waals surface area (Å²) in [4.78, 5) is 6.75. The fourth-order valence-corrected chi connectivity index (χ4v) is 2.74. The molecule has 154 valence electrons. The number of nitrogens with one attached hydrogen (secondary N) is 2. The van der Waals surface area contributed by atoms with Crippen LogP contribution < -0.4 is 15.4 Å². The van der Waals surface area contributed by atoms with Crippen molar-refractivity contribution >= 4 is 41.5 Å². The molecule has 0 atom stereocenters. The number of halogens is 4. The van der Waals surface area contributed by atoms with Gasteiger partial charge in [0.25, 0.3) is 0 Å². The molecule has 1 aromatic carbocycles. The fourth-order valence-electron chi connectivity index (χ4n) is 2.55. The summed E-state index contributed by atoms with van der Waals surface area (Å²) in [6.45, 7) is 4.91. The van der Waals surface area contributed by atoms with Gasteiger partial charge in [0, 0.05) is 43.3 Å². The number of nitrogens with zero attached hydrogens (tertiary/aromatic N) is 2. The monoisotopic (exact) mass is 518 g/mol. The van der Waals surface area contributed by atoms with Gasteiger partial charge in [-0.05, 0) is 25.1 Å². The van der Waals surface area contributed by atoms with Crippen LogP contribution in [-0.4, -0.2) is 63.4 Å². The molecule has 0 spiro atoms. The van der Waals surface area contributed by atoms with Gasteiger partial charge in [-0.2, -0.15) is 8.78 Å². The molecule has 2 N–H and O–H groups in total. The van der Waals surface area contributed by atoms with Gasteiger partial charge >= 0.3 is 6.61 Å². The zero-order valence-electron chi connectivity index (χ0n) is 15.2. The second kappa shape index (κ2) is 13.3. The third-order valence-electron chi connectivity index (χ3n) is 3.81. The molecule has 1 aliphatic rings. The molecule has 0 aliphatic carbocycles. The predicted octanol–water partition coefficient (Wildman–Crippen LogP) is 2.95. The lowest BCUT2D eigenvalue weighted by Crippen LogP contribution is -2.44. The van der Waals surface area contributed by atoms with E-state index in [1.807, 2.05) is 6.92 Å². The summed E-state index contributed by atoms with van der Waals surface area (Å²) >= 11 is 5.96. The van der Waals surface area contributed by atoms with Gasteiger partial charge in [-0.15, -0.1) is 24.0 Å². The Morgan fingerprint density at radius 2 is 2.07 bits per heavy atom. The molecule has 1 heterocycles. The molecule has 0 aromatic heterocycles. The smallest absolute Gasteiger partial charge is 0.387 e. The van der Waals surface area contributed by atoms with Gasteiger partial charge in [-0.3, -0.25) is 4.90 Å². The van der Waals surface area contributed by atoms with Crippen LogP contribution in [0.15, 0.2) is 23.2 Å². The minimum atomic E-state index is -2.89. The first kappa shape index (κ1) is 24.1. The maximum atomic E-state index is 12.5. The van der Waals surface area contributed by atoms with E-state index in [1.165, 1.54) is 12.1 Å². The number of aliphatic imine (C=N–C) groups is 1. The molecule has 2 rings (SSSR count). The van der Waals surface area contributed by atoms with Crippen LogP contribution in [0.5, 0.6) is 5.75 Å². The summed E-state index contributed by atoms with van der Waals surface area (Å²) in [7, 11) is 0. The normalized spacial score (nSPS) is 15.4. The highest BCUT2D eigenvalue weighted by molar-refractivity contribution is 14.0. The molecule has 0 saturated carbocycles. The molecule has 27 heavy (non-hydrogen) atoms. The highest BCUT2D eigenvalue weighted by Crippen LogP contribution is 2.25. The third kappa shape index (κ3) is 9.22. The number of hydrogen-bond acceptors (Lipinski definition) is 4. The highest BCUT2D eigenvalue weighted by Gasteiger charge is 2.11. The first-order valence-electron chi connectivity index (χ1n) is 8.64. The largest absolute Gasteiger partial charge is 0.434 e. The molecule has 1 aliphatic heterocycles. The summed E-state index contributed by atoms with van der Waals surface area (Å²) in [5, 5.41) is 6.83. The molecule has 1 fully saturated rings. The molecule has 0 unspecified atom stereocenters. The molecule has 0 amide bonds. The Morgan fingerprint density at radius 3 is 2.74 bits per heavy atom. The van der Waals surface area contributed by atoms with Crippen molar-refractivity contribution < 1.29 is 18.3 Å². The quantitative estimate of drug-likeness (QED) is 0.315. The summed E-state index contributed by atoms with van der Waals surface area (Å²) < 4.78 is 34.9. The van der Waals surface area contributed by atoms with E-state index in [0.29, 0.717) is 23.1 Å². The van der Waals surface area contributed by atoms with Crippen molar-refractivity contribution in [1.29, 1.82) is 0 Å². The second-order valence-electron chi connectivity index (χ2n) is 5.71. The Kier molecular flexibility index (Phi) is 11.9. The van der Waals surface area contributed by atoms with Crippen molar-refractivity contribution in [2.75, 3.05) is 45.9 Å². The Hall–Kier alpha value is -0.910. The van der Waals surface area contributed by atoms with E-state index in [2.05, 4.69) is 25.3 Å². The highest BCUT2D eigenvalue weighted by atomic mass is 127. The van der Waals surface area contributed by atoms with E-state index in [-0.39, 0.29) is 36.3 Å². The zero-order chi connectivity index (χ0) is 18.8. The number of rotatable bonds is 8. The minimum absolute atomic E-state index is 0. The predicted molar refractivity (Wildman–Crippen MR) is 114 cm³/mol. The molecule has 6 nitrogen and oxygen atoms in total. The van der Waals surface area contributed by atoms with Crippen molar-refractivity contribution in [1.82, 2.24) is 15.5 Å². The summed E-state index contributed by atoms with van der Waals surface area (Å²) in [6, 6.07) is 4.52. The number of guanidine groups is 1. The van der Waals surface area contributed by atoms with Gasteiger partial charge in [0.2, 0.25) is 0 Å². The Bertz CT molecular complexity index is 590. The van der Waals surface area contributed by atoms with E-state index in [9.17, 15) is 8.78 Å². The average molecular weight is 519 g/mol. The lowest BCUT2D eigenvalue weighted by Gasteiger charge is -2.26. The Balaban J connectivity index is 0.00000364. The average Bonchev–Trinajstić information content (AvgIpc) is 2.62. The second-order valence-corrected chi connectivity index (χ2v) is 6.14. The van der Waals surface area contributed by atoms with Crippen molar-refractivity contribution in [3.8, 4) is 5.75 Å². The van der Waals surface area contributed by atoms with Gasteiger partial charge in [-0.1, -0.05) is 11.6 Å². The molecule has 0 bridgehead atoms. The molecule has 1 saturated heterocycles. The van der Waals surface area contributed by atoms with Gasteiger partial charge in [0.05, 0.1) is 19.8 Å². The van der Waals surface area contributed by atoms with E-state index < -0.39 is 6.61 Å². The summed E-state index contributed by atoms with van der Waals surface area (Å²) in [6.07, 6.45) is 0. The van der Waals surface area contributed by atoms with Crippen LogP contribution in [0, 0.1) is 0 Å². The van der Waals surface area contributed by atoms with Crippen LogP contribution in [0.25, 0.3) is 0 Å². The van der Waals surface area contributed by atoms with Crippen molar-refractivity contribution in [3.63, 3.8) is 0 Å². The number of alkyl halides is 2.